The molecule has 1 heterocycles. The van der Waals surface area contributed by atoms with Crippen molar-refractivity contribution in [2.75, 3.05) is 58.3 Å². The van der Waals surface area contributed by atoms with E-state index in [4.69, 9.17) is 4.74 Å². The van der Waals surface area contributed by atoms with Crippen LogP contribution in [0.25, 0.3) is 0 Å². The van der Waals surface area contributed by atoms with Crippen LogP contribution < -0.4 is 9.64 Å². The maximum Gasteiger partial charge on any atom is 0.416 e. The largest absolute Gasteiger partial charge is 0.492 e. The van der Waals surface area contributed by atoms with Gasteiger partial charge in [-0.15, -0.1) is 0 Å². The zero-order valence-electron chi connectivity index (χ0n) is 17.5. The lowest BCUT2D eigenvalue weighted by atomic mass is 10.1. The van der Waals surface area contributed by atoms with Crippen molar-refractivity contribution in [2.24, 2.45) is 0 Å². The van der Waals surface area contributed by atoms with Crippen LogP contribution in [0.3, 0.4) is 0 Å². The summed E-state index contributed by atoms with van der Waals surface area (Å²) in [6.45, 7) is 3.83. The summed E-state index contributed by atoms with van der Waals surface area (Å²) in [6.07, 6.45) is -4.34. The van der Waals surface area contributed by atoms with Gasteiger partial charge in [0.2, 0.25) is 10.0 Å². The molecule has 1 aliphatic heterocycles. The molecule has 0 aliphatic carbocycles. The van der Waals surface area contributed by atoms with Gasteiger partial charge in [-0.25, -0.2) is 12.7 Å². The summed E-state index contributed by atoms with van der Waals surface area (Å²) in [6, 6.07) is 11.7. The van der Waals surface area contributed by atoms with Crippen LogP contribution >= 0.6 is 0 Å². The fourth-order valence-corrected chi connectivity index (χ4v) is 4.22. The van der Waals surface area contributed by atoms with Crippen LogP contribution in [0.1, 0.15) is 5.56 Å². The quantitative estimate of drug-likeness (QED) is 0.640. The van der Waals surface area contributed by atoms with Crippen LogP contribution in [0.4, 0.5) is 18.9 Å². The molecule has 1 aliphatic rings. The van der Waals surface area contributed by atoms with Crippen molar-refractivity contribution in [2.45, 2.75) is 11.1 Å². The number of benzene rings is 2. The van der Waals surface area contributed by atoms with E-state index in [-0.39, 0.29) is 4.90 Å². The van der Waals surface area contributed by atoms with E-state index in [2.05, 4.69) is 4.90 Å². The molecule has 0 radical (unpaired) electrons. The van der Waals surface area contributed by atoms with E-state index in [9.17, 15) is 21.6 Å². The fraction of sp³-hybridized carbons (Fsp3) is 0.429. The van der Waals surface area contributed by atoms with Crippen molar-refractivity contribution in [3.05, 3.63) is 54.1 Å². The van der Waals surface area contributed by atoms with E-state index < -0.39 is 21.8 Å². The van der Waals surface area contributed by atoms with Crippen molar-refractivity contribution in [1.82, 2.24) is 9.21 Å². The molecule has 1 saturated heterocycles. The Balaban J connectivity index is 1.46. The van der Waals surface area contributed by atoms with Gasteiger partial charge in [-0.2, -0.15) is 13.2 Å². The summed E-state index contributed by atoms with van der Waals surface area (Å²) in [5.41, 5.74) is -0.0521. The van der Waals surface area contributed by atoms with E-state index in [1.807, 2.05) is 4.90 Å². The molecule has 0 N–H and O–H groups in total. The minimum absolute atomic E-state index is 0.204. The molecule has 0 bridgehead atoms. The number of ether oxygens (including phenoxy) is 1. The highest BCUT2D eigenvalue weighted by Gasteiger charge is 2.31. The zero-order chi connectivity index (χ0) is 22.6. The molecule has 2 aromatic carbocycles. The van der Waals surface area contributed by atoms with Gasteiger partial charge in [-0.3, -0.25) is 4.90 Å². The van der Waals surface area contributed by atoms with E-state index in [0.29, 0.717) is 37.7 Å². The molecule has 170 valence electrons. The van der Waals surface area contributed by atoms with E-state index in [1.165, 1.54) is 38.4 Å². The first-order valence-corrected chi connectivity index (χ1v) is 11.3. The van der Waals surface area contributed by atoms with E-state index >= 15 is 0 Å². The number of halogens is 3. The SMILES string of the molecule is CN(C)S(=O)(=O)c1ccc(OCCN2CCN(c3cccc(C(F)(F)F)c3)CC2)cc1. The molecular formula is C21H26F3N3O3S. The standard InChI is InChI=1S/C21H26F3N3O3S/c1-25(2)31(28,29)20-8-6-19(7-9-20)30-15-14-26-10-12-27(13-11-26)18-5-3-4-17(16-18)21(22,23)24/h3-9,16H,10-15H2,1-2H3. The monoisotopic (exact) mass is 457 g/mol. The minimum Gasteiger partial charge on any atom is -0.492 e. The van der Waals surface area contributed by atoms with Crippen molar-refractivity contribution in [3.63, 3.8) is 0 Å². The summed E-state index contributed by atoms with van der Waals surface area (Å²) in [4.78, 5) is 4.35. The first kappa shape index (κ1) is 23.4. The summed E-state index contributed by atoms with van der Waals surface area (Å²) in [5.74, 6) is 0.584. The van der Waals surface area contributed by atoms with Gasteiger partial charge in [0.1, 0.15) is 12.4 Å². The highest BCUT2D eigenvalue weighted by Crippen LogP contribution is 2.31. The van der Waals surface area contributed by atoms with Crippen LogP contribution in [0.5, 0.6) is 5.75 Å². The Labute approximate surface area is 180 Å². The molecule has 0 saturated carbocycles. The van der Waals surface area contributed by atoms with Gasteiger partial charge in [0, 0.05) is 52.5 Å². The second-order valence-corrected chi connectivity index (χ2v) is 9.64. The first-order valence-electron chi connectivity index (χ1n) is 9.87. The number of sulfonamides is 1. The molecule has 0 unspecified atom stereocenters. The predicted octanol–water partition coefficient (Wildman–Crippen LogP) is 3.16. The van der Waals surface area contributed by atoms with Crippen molar-refractivity contribution < 1.29 is 26.3 Å². The summed E-state index contributed by atoms with van der Waals surface area (Å²) >= 11 is 0. The summed E-state index contributed by atoms with van der Waals surface area (Å²) < 4.78 is 69.8. The third kappa shape index (κ3) is 5.90. The van der Waals surface area contributed by atoms with E-state index in [0.717, 1.165) is 23.5 Å². The zero-order valence-corrected chi connectivity index (χ0v) is 18.3. The average Bonchev–Trinajstić information content (AvgIpc) is 2.74. The van der Waals surface area contributed by atoms with Crippen LogP contribution in [0.2, 0.25) is 0 Å². The first-order chi connectivity index (χ1) is 14.6. The Kier molecular flexibility index (Phi) is 7.13. The van der Waals surface area contributed by atoms with Gasteiger partial charge in [0.15, 0.2) is 0 Å². The predicted molar refractivity (Wildman–Crippen MR) is 113 cm³/mol. The number of rotatable bonds is 7. The molecule has 2 aromatic rings. The van der Waals surface area contributed by atoms with Gasteiger partial charge >= 0.3 is 6.18 Å². The topological polar surface area (TPSA) is 53.1 Å². The molecular weight excluding hydrogens is 431 g/mol. The van der Waals surface area contributed by atoms with Gasteiger partial charge in [0.25, 0.3) is 0 Å². The number of hydrogen-bond acceptors (Lipinski definition) is 5. The van der Waals surface area contributed by atoms with Crippen molar-refractivity contribution in [3.8, 4) is 5.75 Å². The Morgan fingerprint density at radius 2 is 1.65 bits per heavy atom. The molecule has 31 heavy (non-hydrogen) atoms. The molecule has 0 atom stereocenters. The summed E-state index contributed by atoms with van der Waals surface area (Å²) in [7, 11) is -0.511. The molecule has 3 rings (SSSR count). The molecule has 1 fully saturated rings. The normalized spacial score (nSPS) is 16.0. The smallest absolute Gasteiger partial charge is 0.416 e. The Morgan fingerprint density at radius 3 is 2.23 bits per heavy atom. The lowest BCUT2D eigenvalue weighted by Crippen LogP contribution is -2.47. The molecule has 10 heteroatoms. The Bertz CT molecular complexity index is 971. The lowest BCUT2D eigenvalue weighted by Gasteiger charge is -2.36. The maximum absolute atomic E-state index is 12.9. The molecule has 0 amide bonds. The van der Waals surface area contributed by atoms with Gasteiger partial charge in [-0.05, 0) is 42.5 Å². The van der Waals surface area contributed by atoms with Gasteiger partial charge < -0.3 is 9.64 Å². The molecule has 0 spiro atoms. The third-order valence-corrected chi connectivity index (χ3v) is 7.02. The van der Waals surface area contributed by atoms with Crippen LogP contribution in [-0.4, -0.2) is 71.0 Å². The average molecular weight is 458 g/mol. The number of piperazine rings is 1. The second kappa shape index (κ2) is 9.46. The summed E-state index contributed by atoms with van der Waals surface area (Å²) in [5, 5.41) is 0. The number of nitrogens with zero attached hydrogens (tertiary/aromatic N) is 3. The minimum atomic E-state index is -4.34. The Hall–Kier alpha value is -2.30. The fourth-order valence-electron chi connectivity index (χ4n) is 3.32. The van der Waals surface area contributed by atoms with Gasteiger partial charge in [0.05, 0.1) is 10.5 Å². The van der Waals surface area contributed by atoms with Crippen LogP contribution in [0.15, 0.2) is 53.4 Å². The van der Waals surface area contributed by atoms with Crippen LogP contribution in [-0.2, 0) is 16.2 Å². The van der Waals surface area contributed by atoms with Crippen molar-refractivity contribution in [1.29, 1.82) is 0 Å². The number of alkyl halides is 3. The van der Waals surface area contributed by atoms with Crippen LogP contribution in [0, 0.1) is 0 Å². The highest BCUT2D eigenvalue weighted by atomic mass is 32.2. The van der Waals surface area contributed by atoms with Crippen molar-refractivity contribution >= 4 is 15.7 Å². The Morgan fingerprint density at radius 1 is 1.00 bits per heavy atom. The molecule has 0 aromatic heterocycles. The number of hydrogen-bond donors (Lipinski definition) is 0. The lowest BCUT2D eigenvalue weighted by molar-refractivity contribution is -0.137. The maximum atomic E-state index is 12.9. The van der Waals surface area contributed by atoms with Gasteiger partial charge in [-0.1, -0.05) is 6.07 Å². The number of anilines is 1. The van der Waals surface area contributed by atoms with E-state index in [1.54, 1.807) is 18.2 Å². The third-order valence-electron chi connectivity index (χ3n) is 5.19. The molecule has 6 nitrogen and oxygen atoms in total. The highest BCUT2D eigenvalue weighted by molar-refractivity contribution is 7.89. The second-order valence-electron chi connectivity index (χ2n) is 7.48.